The molecule has 0 bridgehead atoms. The van der Waals surface area contributed by atoms with Crippen LogP contribution in [0.3, 0.4) is 0 Å². The van der Waals surface area contributed by atoms with Gasteiger partial charge in [-0.15, -0.1) is 0 Å². The summed E-state index contributed by atoms with van der Waals surface area (Å²) in [6.45, 7) is 4.11. The second-order valence-electron chi connectivity index (χ2n) is 5.34. The highest BCUT2D eigenvalue weighted by Gasteiger charge is 2.10. The Hall–Kier alpha value is -2.55. The number of para-hydroxylation sites is 2. The van der Waals surface area contributed by atoms with Gasteiger partial charge in [0, 0.05) is 17.1 Å². The fourth-order valence-electron chi connectivity index (χ4n) is 2.28. The molecule has 0 atom stereocenters. The zero-order chi connectivity index (χ0) is 14.8. The number of hydrogen-bond donors (Lipinski definition) is 1. The van der Waals surface area contributed by atoms with Crippen molar-refractivity contribution >= 4 is 10.9 Å². The third-order valence-corrected chi connectivity index (χ3v) is 3.44. The van der Waals surface area contributed by atoms with E-state index in [1.54, 1.807) is 6.07 Å². The fourth-order valence-corrected chi connectivity index (χ4v) is 2.28. The van der Waals surface area contributed by atoms with Gasteiger partial charge in [-0.1, -0.05) is 38.1 Å². The van der Waals surface area contributed by atoms with Crippen LogP contribution in [0.15, 0.2) is 59.4 Å². The van der Waals surface area contributed by atoms with Crippen LogP contribution in [0.5, 0.6) is 11.5 Å². The summed E-state index contributed by atoms with van der Waals surface area (Å²) < 4.78 is 5.91. The van der Waals surface area contributed by atoms with Crippen molar-refractivity contribution in [3.05, 3.63) is 70.5 Å². The summed E-state index contributed by atoms with van der Waals surface area (Å²) >= 11 is 0. The molecule has 2 aromatic carbocycles. The van der Waals surface area contributed by atoms with Gasteiger partial charge in [0.1, 0.15) is 5.75 Å². The summed E-state index contributed by atoms with van der Waals surface area (Å²) in [7, 11) is 0. The molecule has 1 N–H and O–H groups in total. The average Bonchev–Trinajstić information content (AvgIpc) is 2.49. The van der Waals surface area contributed by atoms with Crippen molar-refractivity contribution in [1.29, 1.82) is 0 Å². The zero-order valence-electron chi connectivity index (χ0n) is 12.1. The third kappa shape index (κ3) is 2.68. The summed E-state index contributed by atoms with van der Waals surface area (Å²) in [4.78, 5) is 15.6. The second-order valence-corrected chi connectivity index (χ2v) is 5.34. The fraction of sp³-hybridized carbons (Fsp3) is 0.167. The third-order valence-electron chi connectivity index (χ3n) is 3.44. The largest absolute Gasteiger partial charge is 0.455 e. The predicted octanol–water partition coefficient (Wildman–Crippen LogP) is 4.44. The number of benzene rings is 2. The predicted molar refractivity (Wildman–Crippen MR) is 85.2 cm³/mol. The first-order chi connectivity index (χ1) is 10.1. The van der Waals surface area contributed by atoms with E-state index in [-0.39, 0.29) is 11.3 Å². The maximum atomic E-state index is 12.2. The molecule has 0 fully saturated rings. The Kier molecular flexibility index (Phi) is 3.48. The molecule has 3 heteroatoms. The molecular weight excluding hydrogens is 262 g/mol. The molecule has 0 aliphatic rings. The molecule has 0 unspecified atom stereocenters. The van der Waals surface area contributed by atoms with E-state index in [1.165, 1.54) is 0 Å². The van der Waals surface area contributed by atoms with Crippen LogP contribution in [0.1, 0.15) is 25.5 Å². The molecule has 3 rings (SSSR count). The molecule has 0 saturated heterocycles. The normalized spacial score (nSPS) is 11.0. The van der Waals surface area contributed by atoms with Crippen LogP contribution in [0.25, 0.3) is 10.9 Å². The SMILES string of the molecule is CC(C)c1cc(=O)c2cccc(Oc3ccccc3)c2[nH]1. The van der Waals surface area contributed by atoms with Crippen LogP contribution in [-0.4, -0.2) is 4.98 Å². The lowest BCUT2D eigenvalue weighted by atomic mass is 10.1. The standard InChI is InChI=1S/C18H17NO2/c1-12(2)15-11-16(20)14-9-6-10-17(18(14)19-15)21-13-7-4-3-5-8-13/h3-12H,1-2H3,(H,19,20). The van der Waals surface area contributed by atoms with Gasteiger partial charge in [-0.3, -0.25) is 4.79 Å². The van der Waals surface area contributed by atoms with Crippen LogP contribution < -0.4 is 10.2 Å². The van der Waals surface area contributed by atoms with Crippen molar-refractivity contribution in [3.63, 3.8) is 0 Å². The number of rotatable bonds is 3. The Bertz CT molecular complexity index is 819. The molecule has 0 aliphatic carbocycles. The minimum Gasteiger partial charge on any atom is -0.455 e. The summed E-state index contributed by atoms with van der Waals surface area (Å²) in [5.74, 6) is 1.67. The number of pyridine rings is 1. The summed E-state index contributed by atoms with van der Waals surface area (Å²) in [5.41, 5.74) is 1.68. The van der Waals surface area contributed by atoms with E-state index in [0.29, 0.717) is 11.1 Å². The molecule has 0 aliphatic heterocycles. The van der Waals surface area contributed by atoms with E-state index in [9.17, 15) is 4.79 Å². The van der Waals surface area contributed by atoms with Gasteiger partial charge in [-0.05, 0) is 30.2 Å². The zero-order valence-corrected chi connectivity index (χ0v) is 12.1. The van der Waals surface area contributed by atoms with Crippen molar-refractivity contribution in [2.24, 2.45) is 0 Å². The lowest BCUT2D eigenvalue weighted by Gasteiger charge is -2.11. The van der Waals surface area contributed by atoms with E-state index < -0.39 is 0 Å². The number of nitrogens with one attached hydrogen (secondary N) is 1. The lowest BCUT2D eigenvalue weighted by Crippen LogP contribution is -2.06. The van der Waals surface area contributed by atoms with Crippen LogP contribution in [0.2, 0.25) is 0 Å². The highest BCUT2D eigenvalue weighted by molar-refractivity contribution is 5.84. The molecule has 3 aromatic rings. The molecule has 0 saturated carbocycles. The number of hydrogen-bond acceptors (Lipinski definition) is 2. The average molecular weight is 279 g/mol. The molecule has 0 spiro atoms. The van der Waals surface area contributed by atoms with E-state index >= 15 is 0 Å². The van der Waals surface area contributed by atoms with Crippen molar-refractivity contribution in [2.45, 2.75) is 19.8 Å². The number of fused-ring (bicyclic) bond motifs is 1. The Morgan fingerprint density at radius 3 is 2.48 bits per heavy atom. The van der Waals surface area contributed by atoms with Gasteiger partial charge in [-0.25, -0.2) is 0 Å². The molecule has 1 aromatic heterocycles. The Balaban J connectivity index is 2.16. The smallest absolute Gasteiger partial charge is 0.189 e. The van der Waals surface area contributed by atoms with Crippen molar-refractivity contribution < 1.29 is 4.74 Å². The highest BCUT2D eigenvalue weighted by atomic mass is 16.5. The first-order valence-electron chi connectivity index (χ1n) is 7.04. The lowest BCUT2D eigenvalue weighted by molar-refractivity contribution is 0.487. The Morgan fingerprint density at radius 2 is 1.76 bits per heavy atom. The maximum Gasteiger partial charge on any atom is 0.189 e. The summed E-state index contributed by atoms with van der Waals surface area (Å²) in [6, 6.07) is 16.8. The molecule has 1 heterocycles. The van der Waals surface area contributed by atoms with E-state index in [4.69, 9.17) is 4.74 Å². The summed E-state index contributed by atoms with van der Waals surface area (Å²) in [6.07, 6.45) is 0. The van der Waals surface area contributed by atoms with E-state index in [1.807, 2.05) is 48.5 Å². The van der Waals surface area contributed by atoms with E-state index in [2.05, 4.69) is 18.8 Å². The quantitative estimate of drug-likeness (QED) is 0.770. The Morgan fingerprint density at radius 1 is 1.00 bits per heavy atom. The van der Waals surface area contributed by atoms with Gasteiger partial charge >= 0.3 is 0 Å². The first kappa shape index (κ1) is 13.4. The van der Waals surface area contributed by atoms with Crippen molar-refractivity contribution in [2.75, 3.05) is 0 Å². The van der Waals surface area contributed by atoms with Crippen molar-refractivity contribution in [1.82, 2.24) is 4.98 Å². The van der Waals surface area contributed by atoms with Crippen LogP contribution >= 0.6 is 0 Å². The second kappa shape index (κ2) is 5.44. The minimum atomic E-state index is 0.0194. The van der Waals surface area contributed by atoms with Crippen molar-refractivity contribution in [3.8, 4) is 11.5 Å². The van der Waals surface area contributed by atoms with Gasteiger partial charge in [0.2, 0.25) is 0 Å². The number of aromatic nitrogens is 1. The van der Waals surface area contributed by atoms with Crippen LogP contribution in [0.4, 0.5) is 0 Å². The van der Waals surface area contributed by atoms with Gasteiger partial charge in [0.25, 0.3) is 0 Å². The minimum absolute atomic E-state index is 0.0194. The topological polar surface area (TPSA) is 42.1 Å². The number of aromatic amines is 1. The van der Waals surface area contributed by atoms with Gasteiger partial charge in [0.15, 0.2) is 11.2 Å². The first-order valence-corrected chi connectivity index (χ1v) is 7.04. The summed E-state index contributed by atoms with van der Waals surface area (Å²) in [5, 5.41) is 0.646. The number of ether oxygens (including phenoxy) is 1. The Labute approximate surface area is 123 Å². The molecule has 21 heavy (non-hydrogen) atoms. The molecular formula is C18H17NO2. The van der Waals surface area contributed by atoms with Gasteiger partial charge < -0.3 is 9.72 Å². The molecule has 3 nitrogen and oxygen atoms in total. The van der Waals surface area contributed by atoms with Crippen LogP contribution in [-0.2, 0) is 0 Å². The molecule has 106 valence electrons. The highest BCUT2D eigenvalue weighted by Crippen LogP contribution is 2.28. The van der Waals surface area contributed by atoms with E-state index in [0.717, 1.165) is 17.0 Å². The monoisotopic (exact) mass is 279 g/mol. The van der Waals surface area contributed by atoms with Crippen LogP contribution in [0, 0.1) is 0 Å². The maximum absolute atomic E-state index is 12.2. The molecule has 0 amide bonds. The molecule has 0 radical (unpaired) electrons. The number of H-pyrrole nitrogens is 1. The van der Waals surface area contributed by atoms with Gasteiger partial charge in [-0.2, -0.15) is 0 Å². The van der Waals surface area contributed by atoms with Gasteiger partial charge in [0.05, 0.1) is 5.52 Å².